The number of aryl methyl sites for hydroxylation is 1. The quantitative estimate of drug-likeness (QED) is 0.104. The zero-order valence-electron chi connectivity index (χ0n) is 16.6. The Kier molecular flexibility index (Phi) is 6.24. The Hall–Kier alpha value is -3.58. The van der Waals surface area contributed by atoms with Gasteiger partial charge in [-0.15, -0.1) is 10.2 Å². The smallest absolute Gasteiger partial charge is 0.252 e. The van der Waals surface area contributed by atoms with Gasteiger partial charge in [0.1, 0.15) is 15.8 Å². The van der Waals surface area contributed by atoms with Gasteiger partial charge in [-0.1, -0.05) is 18.2 Å². The molecule has 2 aromatic carbocycles. The van der Waals surface area contributed by atoms with Crippen LogP contribution in [0.3, 0.4) is 0 Å². The van der Waals surface area contributed by atoms with Crippen molar-refractivity contribution >= 4 is 50.3 Å². The maximum absolute atomic E-state index is 11.8. The van der Waals surface area contributed by atoms with E-state index in [2.05, 4.69) is 34.5 Å². The molecule has 14 heteroatoms. The summed E-state index contributed by atoms with van der Waals surface area (Å²) in [5, 5.41) is 26.7. The first-order valence-corrected chi connectivity index (χ1v) is 11.2. The summed E-state index contributed by atoms with van der Waals surface area (Å²) in [5.74, 6) is -0.0947. The van der Waals surface area contributed by atoms with Crippen LogP contribution in [0.1, 0.15) is 5.69 Å². The topological polar surface area (TPSA) is 161 Å². The molecular formula is C19H12N6O6S2-2. The van der Waals surface area contributed by atoms with Crippen molar-refractivity contribution in [3.8, 4) is 5.69 Å². The fourth-order valence-electron chi connectivity index (χ4n) is 3.15. The van der Waals surface area contributed by atoms with Crippen LogP contribution < -0.4 is 5.26 Å². The third-order valence-electron chi connectivity index (χ3n) is 4.54. The van der Waals surface area contributed by atoms with Gasteiger partial charge in [0, 0.05) is 21.5 Å². The van der Waals surface area contributed by atoms with Crippen molar-refractivity contribution in [1.29, 1.82) is 0 Å². The molecule has 12 nitrogen and oxygen atoms in total. The zero-order valence-corrected chi connectivity index (χ0v) is 18.3. The monoisotopic (exact) mass is 484 g/mol. The summed E-state index contributed by atoms with van der Waals surface area (Å²) in [6.45, 7) is 9.21. The SMILES string of the molecule is [C-]#[N+]c1cnn(-c2cc(SOO[O-])ccc2S(=O)(=O)[O-])c1N=Nc1c(C)[nH]c2ccccc12. The van der Waals surface area contributed by atoms with Gasteiger partial charge in [0.25, 0.3) is 5.69 Å². The van der Waals surface area contributed by atoms with E-state index in [4.69, 9.17) is 6.57 Å². The van der Waals surface area contributed by atoms with Gasteiger partial charge in [0.2, 0.25) is 0 Å². The summed E-state index contributed by atoms with van der Waals surface area (Å²) in [6.07, 6.45) is 1.17. The van der Waals surface area contributed by atoms with Crippen molar-refractivity contribution in [3.05, 3.63) is 65.8 Å². The Morgan fingerprint density at radius 1 is 1.24 bits per heavy atom. The number of hydrogen-bond donors (Lipinski definition) is 1. The summed E-state index contributed by atoms with van der Waals surface area (Å²) in [5.41, 5.74) is 1.86. The van der Waals surface area contributed by atoms with E-state index in [1.807, 2.05) is 31.2 Å². The highest BCUT2D eigenvalue weighted by atomic mass is 32.2. The van der Waals surface area contributed by atoms with E-state index in [-0.39, 0.29) is 22.1 Å². The molecule has 168 valence electrons. The molecule has 0 amide bonds. The number of rotatable bonds is 7. The highest BCUT2D eigenvalue weighted by Gasteiger charge is 2.19. The van der Waals surface area contributed by atoms with Gasteiger partial charge < -0.3 is 14.8 Å². The maximum atomic E-state index is 11.8. The van der Waals surface area contributed by atoms with Crippen LogP contribution in [0.2, 0.25) is 0 Å². The molecule has 0 radical (unpaired) electrons. The minimum atomic E-state index is -4.94. The van der Waals surface area contributed by atoms with E-state index in [9.17, 15) is 18.2 Å². The van der Waals surface area contributed by atoms with Gasteiger partial charge in [0.05, 0.1) is 35.4 Å². The van der Waals surface area contributed by atoms with E-state index in [0.717, 1.165) is 27.3 Å². The predicted octanol–water partition coefficient (Wildman–Crippen LogP) is 3.76. The van der Waals surface area contributed by atoms with Crippen molar-refractivity contribution in [2.45, 2.75) is 16.7 Å². The molecule has 0 spiro atoms. The predicted molar refractivity (Wildman–Crippen MR) is 113 cm³/mol. The van der Waals surface area contributed by atoms with Gasteiger partial charge in [-0.3, -0.25) is 5.04 Å². The van der Waals surface area contributed by atoms with Gasteiger partial charge in [-0.2, -0.15) is 9.43 Å². The molecule has 0 unspecified atom stereocenters. The number of H-pyrrole nitrogens is 1. The molecule has 1 N–H and O–H groups in total. The number of aromatic amines is 1. The van der Waals surface area contributed by atoms with E-state index in [0.29, 0.717) is 17.7 Å². The van der Waals surface area contributed by atoms with Gasteiger partial charge in [0.15, 0.2) is 5.82 Å². The molecule has 0 saturated carbocycles. The van der Waals surface area contributed by atoms with Crippen LogP contribution in [0.5, 0.6) is 0 Å². The van der Waals surface area contributed by atoms with E-state index < -0.39 is 15.0 Å². The molecule has 33 heavy (non-hydrogen) atoms. The van der Waals surface area contributed by atoms with Crippen LogP contribution in [-0.4, -0.2) is 27.7 Å². The van der Waals surface area contributed by atoms with Gasteiger partial charge >= 0.3 is 0 Å². The van der Waals surface area contributed by atoms with Crippen molar-refractivity contribution in [3.63, 3.8) is 0 Å². The van der Waals surface area contributed by atoms with Crippen molar-refractivity contribution in [2.75, 3.05) is 0 Å². The number of aromatic nitrogens is 3. The summed E-state index contributed by atoms with van der Waals surface area (Å²) in [7, 11) is -4.94. The molecule has 0 saturated heterocycles. The number of benzene rings is 2. The molecule has 4 aromatic rings. The summed E-state index contributed by atoms with van der Waals surface area (Å²) in [6, 6.07) is 10.9. The van der Waals surface area contributed by atoms with E-state index in [1.165, 1.54) is 18.3 Å². The van der Waals surface area contributed by atoms with E-state index >= 15 is 0 Å². The second-order valence-corrected chi connectivity index (χ2v) is 8.65. The fraction of sp³-hybridized carbons (Fsp3) is 0.0526. The normalized spacial score (nSPS) is 11.9. The third kappa shape index (κ3) is 4.50. The summed E-state index contributed by atoms with van der Waals surface area (Å²) in [4.78, 5) is 6.14. The summed E-state index contributed by atoms with van der Waals surface area (Å²) >= 11 is 0.490. The van der Waals surface area contributed by atoms with Gasteiger partial charge in [-0.25, -0.2) is 17.9 Å². The second kappa shape index (κ2) is 9.11. The van der Waals surface area contributed by atoms with Gasteiger partial charge in [-0.05, 0) is 31.2 Å². The molecule has 0 aliphatic carbocycles. The van der Waals surface area contributed by atoms with Crippen LogP contribution in [0.25, 0.3) is 21.4 Å². The number of para-hydroxylation sites is 1. The second-order valence-electron chi connectivity index (χ2n) is 6.52. The molecule has 0 fully saturated rings. The molecule has 0 atom stereocenters. The molecule has 2 heterocycles. The highest BCUT2D eigenvalue weighted by Crippen LogP contribution is 2.37. The molecule has 2 aromatic heterocycles. The Bertz CT molecular complexity index is 1520. The average Bonchev–Trinajstić information content (AvgIpc) is 3.34. The molecule has 0 aliphatic heterocycles. The molecule has 4 rings (SSSR count). The third-order valence-corrected chi connectivity index (χ3v) is 5.99. The van der Waals surface area contributed by atoms with Crippen LogP contribution in [0.15, 0.2) is 68.7 Å². The first kappa shape index (κ1) is 22.6. The Morgan fingerprint density at radius 2 is 2.03 bits per heavy atom. The molecular weight excluding hydrogens is 472 g/mol. The highest BCUT2D eigenvalue weighted by molar-refractivity contribution is 7.94. The Labute approximate surface area is 191 Å². The minimum absolute atomic E-state index is 0.0253. The molecule has 0 aliphatic rings. The number of fused-ring (bicyclic) bond motifs is 1. The van der Waals surface area contributed by atoms with Crippen molar-refractivity contribution < 1.29 is 27.6 Å². The average molecular weight is 484 g/mol. The number of hydrogen-bond acceptors (Lipinski definition) is 10. The lowest BCUT2D eigenvalue weighted by Gasteiger charge is -2.15. The Morgan fingerprint density at radius 3 is 2.76 bits per heavy atom. The lowest BCUT2D eigenvalue weighted by molar-refractivity contribution is -0.777. The molecule has 0 bridgehead atoms. The first-order chi connectivity index (χ1) is 15.8. The zero-order chi connectivity index (χ0) is 23.6. The standard InChI is InChI=1S/C19H14N6O6S2/c1-11-18(13-5-3-4-6-14(13)22-11)23-24-19-15(20-2)10-21-25(19)16-9-12(32-31-30-26)7-8-17(16)33(27,28)29/h3-10,22,26H,1H3,(H,27,28,29)/p-2. The minimum Gasteiger partial charge on any atom is -0.744 e. The number of azo groups is 1. The summed E-state index contributed by atoms with van der Waals surface area (Å²) < 4.78 is 40.8. The van der Waals surface area contributed by atoms with Crippen LogP contribution in [-0.2, 0) is 19.5 Å². The number of nitrogens with zero attached hydrogens (tertiary/aromatic N) is 5. The first-order valence-electron chi connectivity index (χ1n) is 9.01. The maximum Gasteiger partial charge on any atom is 0.252 e. The van der Waals surface area contributed by atoms with Crippen LogP contribution in [0, 0.1) is 13.5 Å². The number of nitrogens with one attached hydrogen (secondary N) is 1. The van der Waals surface area contributed by atoms with Crippen LogP contribution in [0.4, 0.5) is 17.2 Å². The fourth-order valence-corrected chi connectivity index (χ4v) is 4.18. The van der Waals surface area contributed by atoms with Crippen LogP contribution >= 0.6 is 12.0 Å². The van der Waals surface area contributed by atoms with Crippen molar-refractivity contribution in [1.82, 2.24) is 14.8 Å². The van der Waals surface area contributed by atoms with E-state index in [1.54, 1.807) is 0 Å². The van der Waals surface area contributed by atoms with Crippen molar-refractivity contribution in [2.24, 2.45) is 10.2 Å². The lowest BCUT2D eigenvalue weighted by atomic mass is 10.2. The largest absolute Gasteiger partial charge is 0.744 e. The lowest BCUT2D eigenvalue weighted by Crippen LogP contribution is -2.07. The Balaban J connectivity index is 1.88.